The molecule has 1 aromatic heterocycles. The molecule has 2 rings (SSSR count). The van der Waals surface area contributed by atoms with Crippen molar-refractivity contribution in [3.8, 4) is 0 Å². The third-order valence-electron chi connectivity index (χ3n) is 2.98. The number of hydrogen-bond donors (Lipinski definition) is 1. The number of halogens is 3. The molecule has 19 heavy (non-hydrogen) atoms. The molecule has 0 fully saturated rings. The Morgan fingerprint density at radius 1 is 1.16 bits per heavy atom. The average Bonchev–Trinajstić information content (AvgIpc) is 2.66. The Morgan fingerprint density at radius 2 is 1.84 bits per heavy atom. The first-order chi connectivity index (χ1) is 8.93. The molecule has 1 N–H and O–H groups in total. The van der Waals surface area contributed by atoms with Crippen molar-refractivity contribution in [1.29, 1.82) is 0 Å². The predicted octanol–water partition coefficient (Wildman–Crippen LogP) is 4.61. The summed E-state index contributed by atoms with van der Waals surface area (Å²) < 4.78 is 27.6. The summed E-state index contributed by atoms with van der Waals surface area (Å²) >= 11 is 7.16. The van der Waals surface area contributed by atoms with Crippen LogP contribution in [0.1, 0.15) is 26.9 Å². The molecule has 0 aliphatic carbocycles. The zero-order valence-electron chi connectivity index (χ0n) is 10.9. The largest absolute Gasteiger partial charge is 0.309 e. The monoisotopic (exact) mass is 301 g/mol. The van der Waals surface area contributed by atoms with E-state index in [0.29, 0.717) is 0 Å². The molecule has 0 amide bonds. The fraction of sp³-hybridized carbons (Fsp3) is 0.286. The lowest BCUT2D eigenvalue weighted by Gasteiger charge is -2.17. The van der Waals surface area contributed by atoms with Crippen LogP contribution in [0.15, 0.2) is 18.2 Å². The number of rotatable bonds is 3. The Kier molecular flexibility index (Phi) is 4.23. The number of nitrogens with one attached hydrogen (secondary N) is 1. The van der Waals surface area contributed by atoms with E-state index in [2.05, 4.69) is 5.32 Å². The number of benzene rings is 1. The van der Waals surface area contributed by atoms with Gasteiger partial charge in [0.05, 0.1) is 11.1 Å². The highest BCUT2D eigenvalue weighted by molar-refractivity contribution is 7.12. The molecule has 0 radical (unpaired) electrons. The quantitative estimate of drug-likeness (QED) is 0.817. The molecular weight excluding hydrogens is 288 g/mol. The summed E-state index contributed by atoms with van der Waals surface area (Å²) in [6, 6.07) is 3.85. The van der Waals surface area contributed by atoms with Crippen molar-refractivity contribution in [3.63, 3.8) is 0 Å². The molecule has 102 valence electrons. The first kappa shape index (κ1) is 14.4. The van der Waals surface area contributed by atoms with E-state index in [4.69, 9.17) is 11.6 Å². The van der Waals surface area contributed by atoms with E-state index in [0.717, 1.165) is 27.5 Å². The zero-order valence-corrected chi connectivity index (χ0v) is 12.4. The third kappa shape index (κ3) is 2.81. The summed E-state index contributed by atoms with van der Waals surface area (Å²) in [4.78, 5) is 2.13. The van der Waals surface area contributed by atoms with Crippen molar-refractivity contribution >= 4 is 22.9 Å². The van der Waals surface area contributed by atoms with Crippen LogP contribution >= 0.6 is 22.9 Å². The Balaban J connectivity index is 2.54. The normalized spacial score (nSPS) is 12.7. The van der Waals surface area contributed by atoms with E-state index in [1.807, 2.05) is 19.9 Å². The van der Waals surface area contributed by atoms with Gasteiger partial charge in [0, 0.05) is 15.3 Å². The smallest absolute Gasteiger partial charge is 0.142 e. The lowest BCUT2D eigenvalue weighted by molar-refractivity contribution is 0.560. The lowest BCUT2D eigenvalue weighted by Crippen LogP contribution is -2.19. The second-order valence-corrected chi connectivity index (χ2v) is 6.11. The first-order valence-electron chi connectivity index (χ1n) is 5.82. The van der Waals surface area contributed by atoms with Crippen LogP contribution in [0.25, 0.3) is 0 Å². The third-order valence-corrected chi connectivity index (χ3v) is 4.49. The van der Waals surface area contributed by atoms with Gasteiger partial charge in [0.1, 0.15) is 11.6 Å². The highest BCUT2D eigenvalue weighted by Crippen LogP contribution is 2.34. The molecule has 0 spiro atoms. The van der Waals surface area contributed by atoms with Gasteiger partial charge in [-0.15, -0.1) is 11.3 Å². The van der Waals surface area contributed by atoms with Crippen LogP contribution in [0, 0.1) is 25.5 Å². The fourth-order valence-electron chi connectivity index (χ4n) is 2.13. The van der Waals surface area contributed by atoms with E-state index in [-0.39, 0.29) is 16.6 Å². The van der Waals surface area contributed by atoms with Gasteiger partial charge in [0.2, 0.25) is 0 Å². The molecule has 0 bridgehead atoms. The summed E-state index contributed by atoms with van der Waals surface area (Å²) in [6.07, 6.45) is 0. The summed E-state index contributed by atoms with van der Waals surface area (Å²) in [6.45, 7) is 3.96. The number of hydrogen-bond acceptors (Lipinski definition) is 2. The molecule has 2 aromatic rings. The van der Waals surface area contributed by atoms with E-state index in [9.17, 15) is 8.78 Å². The molecule has 1 heterocycles. The van der Waals surface area contributed by atoms with Gasteiger partial charge in [0.25, 0.3) is 0 Å². The minimum atomic E-state index is -0.607. The molecule has 5 heteroatoms. The summed E-state index contributed by atoms with van der Waals surface area (Å²) in [5.74, 6) is -1.11. The highest BCUT2D eigenvalue weighted by atomic mass is 35.5. The van der Waals surface area contributed by atoms with Crippen LogP contribution in [-0.2, 0) is 0 Å². The van der Waals surface area contributed by atoms with Crippen molar-refractivity contribution in [2.45, 2.75) is 19.9 Å². The van der Waals surface area contributed by atoms with Crippen molar-refractivity contribution < 1.29 is 8.78 Å². The maximum absolute atomic E-state index is 14.0. The molecule has 1 atom stereocenters. The fourth-order valence-corrected chi connectivity index (χ4v) is 3.45. The van der Waals surface area contributed by atoms with Crippen molar-refractivity contribution in [1.82, 2.24) is 5.32 Å². The van der Waals surface area contributed by atoms with Gasteiger partial charge in [-0.05, 0) is 44.7 Å². The maximum Gasteiger partial charge on any atom is 0.142 e. The van der Waals surface area contributed by atoms with Crippen molar-refractivity contribution in [2.24, 2.45) is 0 Å². The van der Waals surface area contributed by atoms with Gasteiger partial charge in [-0.25, -0.2) is 8.78 Å². The summed E-state index contributed by atoms with van der Waals surface area (Å²) in [7, 11) is 1.73. The van der Waals surface area contributed by atoms with E-state index in [1.54, 1.807) is 18.4 Å². The topological polar surface area (TPSA) is 12.0 Å². The number of aryl methyl sites for hydroxylation is 2. The van der Waals surface area contributed by atoms with Gasteiger partial charge in [-0.2, -0.15) is 0 Å². The average molecular weight is 302 g/mol. The molecule has 0 aliphatic rings. The van der Waals surface area contributed by atoms with Gasteiger partial charge in [-0.1, -0.05) is 11.6 Å². The summed E-state index contributed by atoms with van der Waals surface area (Å²) in [5.41, 5.74) is 1.34. The van der Waals surface area contributed by atoms with E-state index in [1.165, 1.54) is 0 Å². The van der Waals surface area contributed by atoms with Crippen LogP contribution in [0.5, 0.6) is 0 Å². The highest BCUT2D eigenvalue weighted by Gasteiger charge is 2.21. The lowest BCUT2D eigenvalue weighted by atomic mass is 10.0. The van der Waals surface area contributed by atoms with Crippen LogP contribution in [0.2, 0.25) is 5.02 Å². The Hall–Kier alpha value is -0.970. The van der Waals surface area contributed by atoms with Crippen molar-refractivity contribution in [3.05, 3.63) is 55.7 Å². The molecular formula is C14H14ClF2NS. The Labute approximate surface area is 120 Å². The van der Waals surface area contributed by atoms with Gasteiger partial charge in [0.15, 0.2) is 0 Å². The SMILES string of the molecule is CNC(c1cc(F)c(Cl)cc1F)c1sc(C)cc1C. The first-order valence-corrected chi connectivity index (χ1v) is 7.02. The van der Waals surface area contributed by atoms with E-state index < -0.39 is 11.6 Å². The molecule has 1 nitrogen and oxygen atoms in total. The standard InChI is InChI=1S/C14H14ClF2NS/c1-7-4-8(2)19-14(7)13(18-3)9-5-12(17)10(15)6-11(9)16/h4-6,13,18H,1-3H3. The van der Waals surface area contributed by atoms with Gasteiger partial charge >= 0.3 is 0 Å². The second kappa shape index (κ2) is 5.57. The van der Waals surface area contributed by atoms with Crippen LogP contribution in [0.3, 0.4) is 0 Å². The predicted molar refractivity (Wildman–Crippen MR) is 76.1 cm³/mol. The number of thiophene rings is 1. The maximum atomic E-state index is 14.0. The van der Waals surface area contributed by atoms with Crippen molar-refractivity contribution in [2.75, 3.05) is 7.05 Å². The van der Waals surface area contributed by atoms with Crippen LogP contribution in [0.4, 0.5) is 8.78 Å². The molecule has 1 unspecified atom stereocenters. The Bertz CT molecular complexity index is 610. The molecule has 1 aromatic carbocycles. The molecule has 0 aliphatic heterocycles. The van der Waals surface area contributed by atoms with Crippen LogP contribution in [-0.4, -0.2) is 7.05 Å². The molecule has 0 saturated carbocycles. The van der Waals surface area contributed by atoms with Crippen LogP contribution < -0.4 is 5.32 Å². The minimum Gasteiger partial charge on any atom is -0.309 e. The second-order valence-electron chi connectivity index (χ2n) is 4.41. The Morgan fingerprint density at radius 3 is 2.37 bits per heavy atom. The minimum absolute atomic E-state index is 0.199. The van der Waals surface area contributed by atoms with Gasteiger partial charge in [-0.3, -0.25) is 0 Å². The zero-order chi connectivity index (χ0) is 14.2. The molecule has 0 saturated heterocycles. The van der Waals surface area contributed by atoms with E-state index >= 15 is 0 Å². The summed E-state index contributed by atoms with van der Waals surface area (Å²) in [5, 5.41) is 2.84. The van der Waals surface area contributed by atoms with Gasteiger partial charge < -0.3 is 5.32 Å².